The number of aryl methyl sites for hydroxylation is 1. The number of ether oxygens (including phenoxy) is 2. The first kappa shape index (κ1) is 23.6. The molecular formula is C23H31N3O6. The van der Waals surface area contributed by atoms with Gasteiger partial charge in [0.1, 0.15) is 11.4 Å². The third-order valence-electron chi connectivity index (χ3n) is 5.66. The molecule has 0 radical (unpaired) electrons. The van der Waals surface area contributed by atoms with Gasteiger partial charge in [-0.25, -0.2) is 9.78 Å². The summed E-state index contributed by atoms with van der Waals surface area (Å²) in [4.78, 5) is 29.4. The van der Waals surface area contributed by atoms with Gasteiger partial charge < -0.3 is 24.0 Å². The monoisotopic (exact) mass is 445 g/mol. The maximum Gasteiger partial charge on any atom is 0.409 e. The number of carbonyl (C=O) groups excluding carboxylic acids is 1. The molecule has 9 nitrogen and oxygen atoms in total. The van der Waals surface area contributed by atoms with Gasteiger partial charge in [-0.2, -0.15) is 0 Å². The van der Waals surface area contributed by atoms with Crippen molar-refractivity contribution in [1.29, 1.82) is 0 Å². The minimum Gasteiger partial charge on any atom is -0.489 e. The number of carboxylic acid groups (broad SMARTS) is 1. The van der Waals surface area contributed by atoms with E-state index in [0.29, 0.717) is 42.3 Å². The molecule has 1 aliphatic rings. The van der Waals surface area contributed by atoms with Crippen molar-refractivity contribution in [3.05, 3.63) is 29.6 Å². The van der Waals surface area contributed by atoms with Crippen LogP contribution in [-0.2, 0) is 16.1 Å². The maximum absolute atomic E-state index is 12.2. The Balaban J connectivity index is 1.65. The number of aliphatic carboxylic acids is 1. The number of carbonyl (C=O) groups is 2. The van der Waals surface area contributed by atoms with E-state index in [1.165, 1.54) is 4.90 Å². The Morgan fingerprint density at radius 3 is 2.81 bits per heavy atom. The second kappa shape index (κ2) is 11.0. The van der Waals surface area contributed by atoms with Gasteiger partial charge in [-0.15, -0.1) is 0 Å². The Hall–Kier alpha value is -3.10. The van der Waals surface area contributed by atoms with Gasteiger partial charge in [0.25, 0.3) is 0 Å². The molecule has 0 aromatic carbocycles. The van der Waals surface area contributed by atoms with Gasteiger partial charge in [0, 0.05) is 12.6 Å². The number of rotatable bonds is 9. The predicted molar refractivity (Wildman–Crippen MR) is 116 cm³/mol. The third kappa shape index (κ3) is 5.99. The topological polar surface area (TPSA) is 115 Å². The van der Waals surface area contributed by atoms with Crippen molar-refractivity contribution in [3.8, 4) is 17.2 Å². The first-order chi connectivity index (χ1) is 15.4. The van der Waals surface area contributed by atoms with Crippen LogP contribution < -0.4 is 4.74 Å². The second-order valence-corrected chi connectivity index (χ2v) is 8.22. The summed E-state index contributed by atoms with van der Waals surface area (Å²) in [5, 5.41) is 13.3. The number of pyridine rings is 1. The van der Waals surface area contributed by atoms with Crippen molar-refractivity contribution in [2.45, 2.75) is 65.0 Å². The first-order valence-electron chi connectivity index (χ1n) is 11.1. The van der Waals surface area contributed by atoms with E-state index in [9.17, 15) is 14.7 Å². The molecule has 0 aliphatic heterocycles. The second-order valence-electron chi connectivity index (χ2n) is 8.22. The van der Waals surface area contributed by atoms with Crippen molar-refractivity contribution in [2.75, 3.05) is 13.7 Å². The molecule has 1 aliphatic carbocycles. The minimum atomic E-state index is -0.765. The Bertz CT molecular complexity index is 911. The SMILES string of the molecule is CCCCOC(=O)N(C)Cc1c(C)noc1-c1ccc(O[C@H]2CCC[C@H](C(=O)O)C2)cn1. The average molecular weight is 446 g/mol. The van der Waals surface area contributed by atoms with E-state index in [1.54, 1.807) is 25.4 Å². The fraction of sp³-hybridized carbons (Fsp3) is 0.565. The zero-order valence-electron chi connectivity index (χ0n) is 18.9. The standard InChI is InChI=1S/C23H31N3O6/c1-4-5-11-30-23(29)26(3)14-19-15(2)25-32-21(19)20-10-9-18(13-24-20)31-17-8-6-7-16(12-17)22(27)28/h9-10,13,16-17H,4-8,11-12,14H2,1-3H3,(H,27,28)/t16-,17-/m0/s1. The minimum absolute atomic E-state index is 0.132. The molecule has 1 amide bonds. The normalized spacial score (nSPS) is 18.2. The molecule has 2 aromatic heterocycles. The van der Waals surface area contributed by atoms with Crippen LogP contribution in [0, 0.1) is 12.8 Å². The van der Waals surface area contributed by atoms with Gasteiger partial charge in [-0.05, 0) is 51.2 Å². The summed E-state index contributed by atoms with van der Waals surface area (Å²) < 4.78 is 16.7. The Labute approximate surface area is 187 Å². The zero-order valence-corrected chi connectivity index (χ0v) is 18.9. The average Bonchev–Trinajstić information content (AvgIpc) is 3.14. The molecule has 0 unspecified atom stereocenters. The first-order valence-corrected chi connectivity index (χ1v) is 11.1. The summed E-state index contributed by atoms with van der Waals surface area (Å²) in [7, 11) is 1.67. The van der Waals surface area contributed by atoms with Gasteiger partial charge in [-0.3, -0.25) is 4.79 Å². The van der Waals surface area contributed by atoms with Gasteiger partial charge in [-0.1, -0.05) is 18.5 Å². The van der Waals surface area contributed by atoms with Gasteiger partial charge in [0.05, 0.1) is 37.1 Å². The molecule has 174 valence electrons. The number of unbranched alkanes of at least 4 members (excludes halogenated alkanes) is 1. The van der Waals surface area contributed by atoms with Crippen molar-refractivity contribution >= 4 is 12.1 Å². The largest absolute Gasteiger partial charge is 0.489 e. The number of nitrogens with zero attached hydrogens (tertiary/aromatic N) is 3. The van der Waals surface area contributed by atoms with Crippen LogP contribution in [0.25, 0.3) is 11.5 Å². The van der Waals surface area contributed by atoms with Crippen LogP contribution >= 0.6 is 0 Å². The Morgan fingerprint density at radius 2 is 2.12 bits per heavy atom. The van der Waals surface area contributed by atoms with E-state index < -0.39 is 12.1 Å². The molecule has 32 heavy (non-hydrogen) atoms. The molecule has 1 fully saturated rings. The van der Waals surface area contributed by atoms with Gasteiger partial charge >= 0.3 is 12.1 Å². The van der Waals surface area contributed by atoms with E-state index in [4.69, 9.17) is 14.0 Å². The number of aromatic nitrogens is 2. The van der Waals surface area contributed by atoms with E-state index in [-0.39, 0.29) is 18.6 Å². The maximum atomic E-state index is 12.2. The summed E-state index contributed by atoms with van der Waals surface area (Å²) in [5.74, 6) is -0.0457. The van der Waals surface area contributed by atoms with E-state index in [0.717, 1.165) is 31.2 Å². The lowest BCUT2D eigenvalue weighted by atomic mass is 9.87. The number of hydrogen-bond acceptors (Lipinski definition) is 7. The van der Waals surface area contributed by atoms with Crippen LogP contribution in [0.3, 0.4) is 0 Å². The van der Waals surface area contributed by atoms with Crippen molar-refractivity contribution in [2.24, 2.45) is 5.92 Å². The molecule has 0 bridgehead atoms. The van der Waals surface area contributed by atoms with Crippen LogP contribution in [-0.4, -0.2) is 52.0 Å². The summed E-state index contributed by atoms with van der Waals surface area (Å²) in [6, 6.07) is 3.56. The quantitative estimate of drug-likeness (QED) is 0.564. The van der Waals surface area contributed by atoms with Gasteiger partial charge in [0.15, 0.2) is 5.76 Å². The molecule has 1 saturated carbocycles. The van der Waals surface area contributed by atoms with Crippen molar-refractivity contribution < 1.29 is 28.7 Å². The molecular weight excluding hydrogens is 414 g/mol. The summed E-state index contributed by atoms with van der Waals surface area (Å²) in [5.41, 5.74) is 2.02. The predicted octanol–water partition coefficient (Wildman–Crippen LogP) is 4.44. The molecule has 9 heteroatoms. The molecule has 0 spiro atoms. The highest BCUT2D eigenvalue weighted by Gasteiger charge is 2.28. The lowest BCUT2D eigenvalue weighted by Crippen LogP contribution is -2.29. The fourth-order valence-corrected chi connectivity index (χ4v) is 3.74. The highest BCUT2D eigenvalue weighted by atomic mass is 16.6. The Kier molecular flexibility index (Phi) is 8.08. The van der Waals surface area contributed by atoms with Crippen LogP contribution in [0.15, 0.2) is 22.9 Å². The fourth-order valence-electron chi connectivity index (χ4n) is 3.74. The van der Waals surface area contributed by atoms with Crippen LogP contribution in [0.4, 0.5) is 4.79 Å². The highest BCUT2D eigenvalue weighted by molar-refractivity contribution is 5.70. The number of amides is 1. The van der Waals surface area contributed by atoms with Crippen LogP contribution in [0.1, 0.15) is 56.7 Å². The third-order valence-corrected chi connectivity index (χ3v) is 5.66. The zero-order chi connectivity index (χ0) is 23.1. The van der Waals surface area contributed by atoms with Crippen LogP contribution in [0.5, 0.6) is 5.75 Å². The lowest BCUT2D eigenvalue weighted by Gasteiger charge is -2.27. The summed E-state index contributed by atoms with van der Waals surface area (Å²) in [6.07, 6.45) is 5.72. The molecule has 2 aromatic rings. The molecule has 0 saturated heterocycles. The molecule has 2 atom stereocenters. The van der Waals surface area contributed by atoms with Crippen molar-refractivity contribution in [1.82, 2.24) is 15.0 Å². The van der Waals surface area contributed by atoms with Gasteiger partial charge in [0.2, 0.25) is 0 Å². The van der Waals surface area contributed by atoms with Crippen molar-refractivity contribution in [3.63, 3.8) is 0 Å². The lowest BCUT2D eigenvalue weighted by molar-refractivity contribution is -0.143. The smallest absolute Gasteiger partial charge is 0.409 e. The number of carboxylic acids is 1. The summed E-state index contributed by atoms with van der Waals surface area (Å²) in [6.45, 7) is 4.54. The van der Waals surface area contributed by atoms with E-state index in [2.05, 4.69) is 10.1 Å². The van der Waals surface area contributed by atoms with E-state index >= 15 is 0 Å². The molecule has 1 N–H and O–H groups in total. The van der Waals surface area contributed by atoms with E-state index in [1.807, 2.05) is 13.8 Å². The molecule has 2 heterocycles. The molecule has 3 rings (SSSR count). The van der Waals surface area contributed by atoms with Crippen LogP contribution in [0.2, 0.25) is 0 Å². The highest BCUT2D eigenvalue weighted by Crippen LogP contribution is 2.30. The summed E-state index contributed by atoms with van der Waals surface area (Å²) >= 11 is 0. The Morgan fingerprint density at radius 1 is 1.31 bits per heavy atom. The number of hydrogen-bond donors (Lipinski definition) is 1.